The fraction of sp³-hybridized carbons (Fsp3) is 0.0909. The van der Waals surface area contributed by atoms with Gasteiger partial charge in [0, 0.05) is 8.45 Å². The lowest BCUT2D eigenvalue weighted by Gasteiger charge is -2.09. The predicted octanol–water partition coefficient (Wildman–Crippen LogP) is 5.50. The molecule has 1 nitrogen and oxygen atoms in total. The van der Waals surface area contributed by atoms with Crippen molar-refractivity contribution in [2.75, 3.05) is 0 Å². The lowest BCUT2D eigenvalue weighted by molar-refractivity contribution is 0.224. The van der Waals surface area contributed by atoms with E-state index in [0.717, 1.165) is 17.8 Å². The Morgan fingerprint density at radius 2 is 1.94 bits per heavy atom. The monoisotopic (exact) mass is 462 g/mol. The summed E-state index contributed by atoms with van der Waals surface area (Å²) in [6.07, 6.45) is -0.696. The third-order valence-corrected chi connectivity index (χ3v) is 6.29. The van der Waals surface area contributed by atoms with Crippen LogP contribution in [0.25, 0.3) is 0 Å². The van der Waals surface area contributed by atoms with E-state index in [0.29, 0.717) is 10.0 Å². The van der Waals surface area contributed by atoms with Crippen LogP contribution in [-0.2, 0) is 0 Å². The average molecular weight is 464 g/mol. The average Bonchev–Trinajstić information content (AvgIpc) is 2.62. The van der Waals surface area contributed by atoms with E-state index in [-0.39, 0.29) is 0 Å². The third kappa shape index (κ3) is 3.16. The van der Waals surface area contributed by atoms with E-state index >= 15 is 0 Å². The van der Waals surface area contributed by atoms with Gasteiger partial charge >= 0.3 is 0 Å². The second-order valence-corrected chi connectivity index (χ2v) is 7.72. The summed E-state index contributed by atoms with van der Waals surface area (Å²) in [6.45, 7) is 0. The zero-order valence-corrected chi connectivity index (χ0v) is 14.3. The van der Waals surface area contributed by atoms with Crippen molar-refractivity contribution in [1.29, 1.82) is 0 Å². The van der Waals surface area contributed by atoms with E-state index in [9.17, 15) is 5.11 Å². The maximum Gasteiger partial charge on any atom is 0.113 e. The van der Waals surface area contributed by atoms with Gasteiger partial charge in [0.05, 0.1) is 13.8 Å². The number of benzene rings is 1. The number of aliphatic hydroxyl groups is 1. The van der Waals surface area contributed by atoms with Crippen LogP contribution in [0.5, 0.6) is 0 Å². The summed E-state index contributed by atoms with van der Waals surface area (Å²) in [4.78, 5) is 0.791. The second kappa shape index (κ2) is 5.75. The van der Waals surface area contributed by atoms with Gasteiger partial charge in [-0.2, -0.15) is 0 Å². The minimum absolute atomic E-state index is 0.612. The first kappa shape index (κ1) is 14.1. The number of hydrogen-bond acceptors (Lipinski definition) is 2. The Labute approximate surface area is 135 Å². The second-order valence-electron chi connectivity index (χ2n) is 3.35. The van der Waals surface area contributed by atoms with Gasteiger partial charge in [0.2, 0.25) is 0 Å². The molecule has 0 radical (unpaired) electrons. The SMILES string of the molecule is OC(c1ccc(I)c(Cl)c1)c1cc(Cl)c(Br)s1. The summed E-state index contributed by atoms with van der Waals surface area (Å²) in [5.41, 5.74) is 0.765. The van der Waals surface area contributed by atoms with Crippen LogP contribution in [0, 0.1) is 3.57 Å². The quantitative estimate of drug-likeness (QED) is 0.583. The molecule has 2 rings (SSSR count). The molecule has 0 amide bonds. The summed E-state index contributed by atoms with van der Waals surface area (Å²) >= 11 is 18.9. The number of rotatable bonds is 2. The highest BCUT2D eigenvalue weighted by Crippen LogP contribution is 2.38. The maximum atomic E-state index is 10.2. The highest BCUT2D eigenvalue weighted by atomic mass is 127. The molecule has 90 valence electrons. The topological polar surface area (TPSA) is 20.2 Å². The molecule has 0 fully saturated rings. The highest BCUT2D eigenvalue weighted by Gasteiger charge is 2.16. The zero-order valence-electron chi connectivity index (χ0n) is 8.25. The van der Waals surface area contributed by atoms with Crippen LogP contribution in [0.4, 0.5) is 0 Å². The number of halogens is 4. The van der Waals surface area contributed by atoms with Crippen molar-refractivity contribution in [2.24, 2.45) is 0 Å². The van der Waals surface area contributed by atoms with Gasteiger partial charge in [-0.15, -0.1) is 11.3 Å². The summed E-state index contributed by atoms with van der Waals surface area (Å²) in [5.74, 6) is 0. The zero-order chi connectivity index (χ0) is 12.6. The van der Waals surface area contributed by atoms with Crippen molar-refractivity contribution >= 4 is 73.1 Å². The Morgan fingerprint density at radius 1 is 1.24 bits per heavy atom. The normalized spacial score (nSPS) is 12.8. The molecule has 1 N–H and O–H groups in total. The molecule has 17 heavy (non-hydrogen) atoms. The van der Waals surface area contributed by atoms with E-state index in [2.05, 4.69) is 38.5 Å². The Kier molecular flexibility index (Phi) is 4.77. The molecule has 0 aliphatic carbocycles. The molecule has 2 aromatic rings. The standard InChI is InChI=1S/C11H6BrCl2IOS/c12-11-7(14)4-9(17-11)10(16)5-1-2-8(15)6(13)3-5/h1-4,10,16H. The molecule has 0 saturated carbocycles. The maximum absolute atomic E-state index is 10.2. The molecule has 6 heteroatoms. The Bertz CT molecular complexity index is 539. The van der Waals surface area contributed by atoms with Crippen LogP contribution >= 0.6 is 73.1 Å². The van der Waals surface area contributed by atoms with Crippen molar-refractivity contribution in [1.82, 2.24) is 0 Å². The van der Waals surface area contributed by atoms with E-state index in [4.69, 9.17) is 23.2 Å². The first-order chi connectivity index (χ1) is 7.99. The molecule has 1 aromatic heterocycles. The smallest absolute Gasteiger partial charge is 0.113 e. The molecule has 1 heterocycles. The van der Waals surface area contributed by atoms with Gasteiger partial charge < -0.3 is 5.11 Å². The van der Waals surface area contributed by atoms with E-state index < -0.39 is 6.10 Å². The first-order valence-corrected chi connectivity index (χ1v) is 8.01. The van der Waals surface area contributed by atoms with Gasteiger partial charge in [-0.05, 0) is 62.3 Å². The number of hydrogen-bond donors (Lipinski definition) is 1. The van der Waals surface area contributed by atoms with Gasteiger partial charge in [0.15, 0.2) is 0 Å². The Morgan fingerprint density at radius 3 is 2.47 bits per heavy atom. The van der Waals surface area contributed by atoms with Crippen molar-refractivity contribution in [3.05, 3.63) is 52.1 Å². The molecule has 0 aliphatic rings. The third-order valence-electron chi connectivity index (χ3n) is 2.19. The Balaban J connectivity index is 2.36. The fourth-order valence-corrected chi connectivity index (χ4v) is 3.63. The highest BCUT2D eigenvalue weighted by molar-refractivity contribution is 14.1. The molecule has 1 aromatic carbocycles. The van der Waals surface area contributed by atoms with Gasteiger partial charge in [0.25, 0.3) is 0 Å². The molecule has 0 aliphatic heterocycles. The summed E-state index contributed by atoms with van der Waals surface area (Å²) in [6, 6.07) is 7.27. The number of thiophene rings is 1. The van der Waals surface area contributed by atoms with Crippen LogP contribution < -0.4 is 0 Å². The van der Waals surface area contributed by atoms with Crippen LogP contribution in [0.15, 0.2) is 28.1 Å². The van der Waals surface area contributed by atoms with Gasteiger partial charge in [0.1, 0.15) is 6.10 Å². The van der Waals surface area contributed by atoms with Crippen LogP contribution in [-0.4, -0.2) is 5.11 Å². The summed E-state index contributed by atoms with van der Waals surface area (Å²) < 4.78 is 1.79. The molecule has 0 spiro atoms. The van der Waals surface area contributed by atoms with Gasteiger partial charge in [-0.3, -0.25) is 0 Å². The molecular formula is C11H6BrCl2IOS. The van der Waals surface area contributed by atoms with E-state index in [1.807, 2.05) is 12.1 Å². The summed E-state index contributed by atoms with van der Waals surface area (Å²) in [5, 5.41) is 11.5. The Hall–Kier alpha value is 0.670. The molecular weight excluding hydrogens is 458 g/mol. The van der Waals surface area contributed by atoms with Crippen molar-refractivity contribution in [2.45, 2.75) is 6.10 Å². The molecule has 0 saturated heterocycles. The van der Waals surface area contributed by atoms with E-state index in [1.54, 1.807) is 12.1 Å². The minimum Gasteiger partial charge on any atom is -0.383 e. The van der Waals surface area contributed by atoms with Gasteiger partial charge in [-0.1, -0.05) is 29.3 Å². The lowest BCUT2D eigenvalue weighted by Crippen LogP contribution is -1.97. The molecule has 0 bridgehead atoms. The molecule has 1 unspecified atom stereocenters. The van der Waals surface area contributed by atoms with Crippen LogP contribution in [0.2, 0.25) is 10.0 Å². The van der Waals surface area contributed by atoms with E-state index in [1.165, 1.54) is 11.3 Å². The molecule has 1 atom stereocenters. The predicted molar refractivity (Wildman–Crippen MR) is 85.3 cm³/mol. The summed E-state index contributed by atoms with van der Waals surface area (Å²) in [7, 11) is 0. The van der Waals surface area contributed by atoms with Crippen molar-refractivity contribution in [3.63, 3.8) is 0 Å². The van der Waals surface area contributed by atoms with Crippen LogP contribution in [0.3, 0.4) is 0 Å². The van der Waals surface area contributed by atoms with Crippen molar-refractivity contribution in [3.8, 4) is 0 Å². The largest absolute Gasteiger partial charge is 0.383 e. The van der Waals surface area contributed by atoms with Crippen LogP contribution in [0.1, 0.15) is 16.5 Å². The lowest BCUT2D eigenvalue weighted by atomic mass is 10.1. The van der Waals surface area contributed by atoms with Crippen molar-refractivity contribution < 1.29 is 5.11 Å². The number of aliphatic hydroxyl groups excluding tert-OH is 1. The minimum atomic E-state index is -0.696. The first-order valence-electron chi connectivity index (χ1n) is 4.57. The van der Waals surface area contributed by atoms with Gasteiger partial charge in [-0.25, -0.2) is 0 Å². The fourth-order valence-electron chi connectivity index (χ4n) is 1.34.